The first kappa shape index (κ1) is 13.6. The highest BCUT2D eigenvalue weighted by Gasteiger charge is 2.16. The maximum Gasteiger partial charge on any atom is 0.349 e. The van der Waals surface area contributed by atoms with Gasteiger partial charge in [0.2, 0.25) is 5.91 Å². The molecule has 19 heavy (non-hydrogen) atoms. The van der Waals surface area contributed by atoms with E-state index in [4.69, 9.17) is 16.0 Å². The minimum atomic E-state index is -0.682. The van der Waals surface area contributed by atoms with Gasteiger partial charge in [-0.05, 0) is 6.92 Å². The summed E-state index contributed by atoms with van der Waals surface area (Å²) < 4.78 is 4.90. The van der Waals surface area contributed by atoms with Crippen molar-refractivity contribution < 1.29 is 14.3 Å². The number of aromatic nitrogens is 1. The molecule has 6 nitrogen and oxygen atoms in total. The number of alkyl halides is 1. The molecule has 2 aromatic heterocycles. The molecule has 0 spiro atoms. The molecule has 2 aromatic rings. The van der Waals surface area contributed by atoms with E-state index in [0.717, 1.165) is 11.3 Å². The number of nitrogens with one attached hydrogen (secondary N) is 1. The van der Waals surface area contributed by atoms with Crippen LogP contribution in [0.5, 0.6) is 5.75 Å². The van der Waals surface area contributed by atoms with Crippen LogP contribution in [0.2, 0.25) is 0 Å². The fourth-order valence-electron chi connectivity index (χ4n) is 1.43. The number of nitrogens with zero attached hydrogens (tertiary/aromatic N) is 1. The number of anilines is 1. The number of rotatable bonds is 3. The monoisotopic (exact) mass is 300 g/mol. The van der Waals surface area contributed by atoms with Gasteiger partial charge in [-0.15, -0.1) is 22.9 Å². The second kappa shape index (κ2) is 5.41. The molecule has 2 rings (SSSR count). The third-order valence-electron chi connectivity index (χ3n) is 2.18. The molecular formula is C11H9ClN2O4S. The van der Waals surface area contributed by atoms with Gasteiger partial charge in [0.25, 0.3) is 0 Å². The molecule has 8 heteroatoms. The summed E-state index contributed by atoms with van der Waals surface area (Å²) in [5, 5.41) is 14.0. The lowest BCUT2D eigenvalue weighted by Crippen LogP contribution is -2.12. The Kier molecular flexibility index (Phi) is 3.87. The van der Waals surface area contributed by atoms with E-state index in [0.29, 0.717) is 10.9 Å². The third-order valence-corrected chi connectivity index (χ3v) is 3.18. The van der Waals surface area contributed by atoms with Gasteiger partial charge >= 0.3 is 5.63 Å². The summed E-state index contributed by atoms with van der Waals surface area (Å²) in [6, 6.07) is 1.33. The van der Waals surface area contributed by atoms with Crippen molar-refractivity contribution in [1.29, 1.82) is 0 Å². The summed E-state index contributed by atoms with van der Waals surface area (Å²) in [4.78, 5) is 26.8. The average molecular weight is 301 g/mol. The van der Waals surface area contributed by atoms with Crippen LogP contribution in [0.4, 0.5) is 5.13 Å². The van der Waals surface area contributed by atoms with E-state index in [1.165, 1.54) is 11.4 Å². The molecule has 0 aromatic carbocycles. The Morgan fingerprint density at radius 3 is 3.00 bits per heavy atom. The number of carbonyl (C=O) groups is 1. The second-order valence-electron chi connectivity index (χ2n) is 3.62. The summed E-state index contributed by atoms with van der Waals surface area (Å²) in [6.45, 7) is 1.55. The van der Waals surface area contributed by atoms with Gasteiger partial charge in [0.1, 0.15) is 23.0 Å². The molecule has 2 heterocycles. The van der Waals surface area contributed by atoms with Gasteiger partial charge in [-0.25, -0.2) is 9.78 Å². The minimum absolute atomic E-state index is 0.0341. The molecule has 0 aliphatic rings. The predicted octanol–water partition coefficient (Wildman–Crippen LogP) is 1.95. The van der Waals surface area contributed by atoms with Crippen molar-refractivity contribution in [2.24, 2.45) is 0 Å². The van der Waals surface area contributed by atoms with Crippen molar-refractivity contribution in [3.8, 4) is 17.0 Å². The van der Waals surface area contributed by atoms with Crippen LogP contribution in [0.1, 0.15) is 5.76 Å². The number of aryl methyl sites for hydroxylation is 1. The topological polar surface area (TPSA) is 92.4 Å². The average Bonchev–Trinajstić information content (AvgIpc) is 2.75. The van der Waals surface area contributed by atoms with Crippen LogP contribution < -0.4 is 10.9 Å². The van der Waals surface area contributed by atoms with Crippen molar-refractivity contribution >= 4 is 34.0 Å². The van der Waals surface area contributed by atoms with E-state index in [1.54, 1.807) is 6.92 Å². The quantitative estimate of drug-likeness (QED) is 0.845. The van der Waals surface area contributed by atoms with Crippen LogP contribution in [0.25, 0.3) is 11.3 Å². The Hall–Kier alpha value is -1.86. The molecule has 0 atom stereocenters. The van der Waals surface area contributed by atoms with E-state index in [-0.39, 0.29) is 22.9 Å². The standard InChI is InChI=1S/C11H9ClN2O4S/c1-5-2-7(15)9(10(17)18-5)6-4-19-11(13-6)14-8(16)3-12/h2,4,15H,3H2,1H3,(H,13,14,16). The third kappa shape index (κ3) is 2.94. The zero-order valence-electron chi connectivity index (χ0n) is 9.77. The highest BCUT2D eigenvalue weighted by atomic mass is 35.5. The molecule has 0 aliphatic carbocycles. The van der Waals surface area contributed by atoms with E-state index >= 15 is 0 Å². The SMILES string of the molecule is Cc1cc(O)c(-c2csc(NC(=O)CCl)n2)c(=O)o1. The molecule has 0 fully saturated rings. The minimum Gasteiger partial charge on any atom is -0.507 e. The normalized spacial score (nSPS) is 10.4. The number of aromatic hydroxyl groups is 1. The van der Waals surface area contributed by atoms with Crippen LogP contribution in [0.3, 0.4) is 0 Å². The van der Waals surface area contributed by atoms with Crippen molar-refractivity contribution in [3.63, 3.8) is 0 Å². The Morgan fingerprint density at radius 1 is 1.63 bits per heavy atom. The first-order valence-electron chi connectivity index (χ1n) is 5.16. The van der Waals surface area contributed by atoms with E-state index in [1.807, 2.05) is 0 Å². The lowest BCUT2D eigenvalue weighted by Gasteiger charge is -2.00. The smallest absolute Gasteiger partial charge is 0.349 e. The number of carbonyl (C=O) groups excluding carboxylic acids is 1. The predicted molar refractivity (Wildman–Crippen MR) is 71.8 cm³/mol. The summed E-state index contributed by atoms with van der Waals surface area (Å²) >= 11 is 6.47. The zero-order valence-corrected chi connectivity index (χ0v) is 11.3. The molecule has 0 aliphatic heterocycles. The highest BCUT2D eigenvalue weighted by molar-refractivity contribution is 7.14. The first-order valence-corrected chi connectivity index (χ1v) is 6.58. The fourth-order valence-corrected chi connectivity index (χ4v) is 2.21. The molecule has 0 unspecified atom stereocenters. The van der Waals surface area contributed by atoms with Gasteiger partial charge in [-0.3, -0.25) is 4.79 Å². The van der Waals surface area contributed by atoms with E-state index in [2.05, 4.69) is 10.3 Å². The van der Waals surface area contributed by atoms with Gasteiger partial charge in [0, 0.05) is 11.4 Å². The Bertz CT molecular complexity index is 680. The fraction of sp³-hybridized carbons (Fsp3) is 0.182. The maximum absolute atomic E-state index is 11.7. The number of halogens is 1. The van der Waals surface area contributed by atoms with Crippen LogP contribution in [0, 0.1) is 6.92 Å². The molecule has 0 bridgehead atoms. The Labute approximate surface area is 116 Å². The number of hydrogen-bond donors (Lipinski definition) is 2. The summed E-state index contributed by atoms with van der Waals surface area (Å²) in [6.07, 6.45) is 0. The summed E-state index contributed by atoms with van der Waals surface area (Å²) in [5.41, 5.74) is -0.479. The summed E-state index contributed by atoms with van der Waals surface area (Å²) in [5.74, 6) is -0.499. The van der Waals surface area contributed by atoms with Crippen molar-refractivity contribution in [1.82, 2.24) is 4.98 Å². The van der Waals surface area contributed by atoms with Crippen LogP contribution >= 0.6 is 22.9 Å². The van der Waals surface area contributed by atoms with E-state index in [9.17, 15) is 14.7 Å². The van der Waals surface area contributed by atoms with Gasteiger partial charge < -0.3 is 14.8 Å². The maximum atomic E-state index is 11.7. The largest absolute Gasteiger partial charge is 0.507 e. The lowest BCUT2D eigenvalue weighted by atomic mass is 10.2. The number of amides is 1. The second-order valence-corrected chi connectivity index (χ2v) is 4.75. The van der Waals surface area contributed by atoms with Gasteiger partial charge in [0.15, 0.2) is 5.13 Å². The van der Waals surface area contributed by atoms with Gasteiger partial charge in [-0.2, -0.15) is 0 Å². The lowest BCUT2D eigenvalue weighted by molar-refractivity contribution is -0.113. The van der Waals surface area contributed by atoms with Gasteiger partial charge in [0.05, 0.1) is 5.69 Å². The molecule has 0 saturated carbocycles. The van der Waals surface area contributed by atoms with Crippen LogP contribution in [-0.2, 0) is 4.79 Å². The zero-order chi connectivity index (χ0) is 14.0. The van der Waals surface area contributed by atoms with Crippen molar-refractivity contribution in [2.45, 2.75) is 6.92 Å². The van der Waals surface area contributed by atoms with Crippen molar-refractivity contribution in [2.75, 3.05) is 11.2 Å². The number of hydrogen-bond acceptors (Lipinski definition) is 6. The van der Waals surface area contributed by atoms with Crippen LogP contribution in [0.15, 0.2) is 20.7 Å². The molecule has 2 N–H and O–H groups in total. The van der Waals surface area contributed by atoms with Gasteiger partial charge in [-0.1, -0.05) is 0 Å². The summed E-state index contributed by atoms with van der Waals surface area (Å²) in [7, 11) is 0. The Balaban J connectivity index is 2.38. The first-order chi connectivity index (χ1) is 9.01. The molecule has 0 saturated heterocycles. The highest BCUT2D eigenvalue weighted by Crippen LogP contribution is 2.29. The Morgan fingerprint density at radius 2 is 2.37 bits per heavy atom. The van der Waals surface area contributed by atoms with Crippen molar-refractivity contribution in [3.05, 3.63) is 27.6 Å². The molecule has 1 amide bonds. The number of thiazole rings is 1. The van der Waals surface area contributed by atoms with E-state index < -0.39 is 11.5 Å². The van der Waals surface area contributed by atoms with Crippen LogP contribution in [-0.4, -0.2) is 21.9 Å². The molecule has 0 radical (unpaired) electrons. The molecule has 100 valence electrons. The molecular weight excluding hydrogens is 292 g/mol.